The number of nitrogens with zero attached hydrogens (tertiary/aromatic N) is 1. The highest BCUT2D eigenvalue weighted by Crippen LogP contribution is 2.33. The Kier molecular flexibility index (Phi) is 2.79. The van der Waals surface area contributed by atoms with Crippen LogP contribution in [-0.2, 0) is 0 Å². The highest BCUT2D eigenvalue weighted by atomic mass is 16.1. The molecule has 2 aromatic carbocycles. The topological polar surface area (TPSA) is 69.4 Å². The zero-order chi connectivity index (χ0) is 17.0. The summed E-state index contributed by atoms with van der Waals surface area (Å²) in [4.78, 5) is 22.1. The van der Waals surface area contributed by atoms with E-state index >= 15 is 0 Å². The molecule has 0 amide bonds. The Morgan fingerprint density at radius 1 is 0.840 bits per heavy atom. The van der Waals surface area contributed by atoms with Crippen molar-refractivity contribution in [3.63, 3.8) is 0 Å². The molecular formula is C20H16N4O. The van der Waals surface area contributed by atoms with E-state index in [1.807, 2.05) is 55.6 Å². The first-order valence-electron chi connectivity index (χ1n) is 8.18. The Bertz CT molecular complexity index is 1280. The average Bonchev–Trinajstić information content (AvgIpc) is 3.29. The van der Waals surface area contributed by atoms with Gasteiger partial charge in [-0.15, -0.1) is 0 Å². The summed E-state index contributed by atoms with van der Waals surface area (Å²) in [6.07, 6.45) is 3.67. The molecule has 0 aliphatic heterocycles. The van der Waals surface area contributed by atoms with Gasteiger partial charge in [-0.25, -0.2) is 4.79 Å². The Morgan fingerprint density at radius 3 is 2.40 bits per heavy atom. The van der Waals surface area contributed by atoms with Crippen LogP contribution in [0.2, 0.25) is 0 Å². The molecule has 0 aliphatic carbocycles. The minimum absolute atomic E-state index is 0.149. The second-order valence-electron chi connectivity index (χ2n) is 6.20. The predicted molar refractivity (Wildman–Crippen MR) is 100 cm³/mol. The third-order valence-corrected chi connectivity index (χ3v) is 4.73. The van der Waals surface area contributed by atoms with Crippen molar-refractivity contribution in [2.24, 2.45) is 0 Å². The zero-order valence-electron chi connectivity index (χ0n) is 13.6. The van der Waals surface area contributed by atoms with Crippen LogP contribution >= 0.6 is 0 Å². The number of nitrogens with one attached hydrogen (secondary N) is 3. The van der Waals surface area contributed by atoms with Gasteiger partial charge in [-0.05, 0) is 19.1 Å². The van der Waals surface area contributed by atoms with Crippen molar-refractivity contribution in [3.8, 4) is 16.9 Å². The van der Waals surface area contributed by atoms with E-state index in [-0.39, 0.29) is 5.69 Å². The molecule has 3 aromatic heterocycles. The van der Waals surface area contributed by atoms with Gasteiger partial charge in [-0.2, -0.15) is 0 Å². The lowest BCUT2D eigenvalue weighted by Crippen LogP contribution is -2.15. The van der Waals surface area contributed by atoms with Gasteiger partial charge in [0.05, 0.1) is 11.4 Å². The highest BCUT2D eigenvalue weighted by Gasteiger charge is 2.18. The number of para-hydroxylation sites is 2. The number of aromatic amines is 3. The number of H-pyrrole nitrogens is 3. The molecule has 25 heavy (non-hydrogen) atoms. The maximum atomic E-state index is 12.6. The molecular weight excluding hydrogens is 312 g/mol. The van der Waals surface area contributed by atoms with Gasteiger partial charge < -0.3 is 15.0 Å². The van der Waals surface area contributed by atoms with Gasteiger partial charge in [0.25, 0.3) is 0 Å². The fourth-order valence-corrected chi connectivity index (χ4v) is 3.64. The Hall–Kier alpha value is -3.47. The first-order chi connectivity index (χ1) is 12.2. The standard InChI is InChI=1S/C20H16N4O/c1-12-19(14-7-3-5-9-16(14)23-12)18-11-22-20(25)24(18)17-10-21-15-8-4-2-6-13(15)17/h2-11,21,23H,1H3,(H,22,25). The maximum Gasteiger partial charge on any atom is 0.330 e. The lowest BCUT2D eigenvalue weighted by Gasteiger charge is -2.07. The fourth-order valence-electron chi connectivity index (χ4n) is 3.64. The number of aryl methyl sites for hydroxylation is 1. The third kappa shape index (κ3) is 1.92. The minimum atomic E-state index is -0.149. The van der Waals surface area contributed by atoms with Crippen molar-refractivity contribution in [2.45, 2.75) is 6.92 Å². The van der Waals surface area contributed by atoms with Crippen molar-refractivity contribution in [1.82, 2.24) is 19.5 Å². The summed E-state index contributed by atoms with van der Waals surface area (Å²) < 4.78 is 1.74. The summed E-state index contributed by atoms with van der Waals surface area (Å²) in [6, 6.07) is 16.1. The van der Waals surface area contributed by atoms with Gasteiger partial charge in [-0.1, -0.05) is 36.4 Å². The van der Waals surface area contributed by atoms with Crippen LogP contribution in [0.4, 0.5) is 0 Å². The Balaban J connectivity index is 1.86. The van der Waals surface area contributed by atoms with E-state index in [1.165, 1.54) is 0 Å². The van der Waals surface area contributed by atoms with Crippen molar-refractivity contribution >= 4 is 21.8 Å². The average molecular weight is 328 g/mol. The van der Waals surface area contributed by atoms with Gasteiger partial charge in [0.2, 0.25) is 0 Å². The Morgan fingerprint density at radius 2 is 1.56 bits per heavy atom. The summed E-state index contributed by atoms with van der Waals surface area (Å²) in [7, 11) is 0. The monoisotopic (exact) mass is 328 g/mol. The number of benzene rings is 2. The van der Waals surface area contributed by atoms with Gasteiger partial charge in [0.1, 0.15) is 0 Å². The fraction of sp³-hybridized carbons (Fsp3) is 0.0500. The normalized spacial score (nSPS) is 11.6. The summed E-state index contributed by atoms with van der Waals surface area (Å²) in [6.45, 7) is 2.03. The summed E-state index contributed by atoms with van der Waals surface area (Å²) >= 11 is 0. The number of aromatic nitrogens is 4. The zero-order valence-corrected chi connectivity index (χ0v) is 13.6. The predicted octanol–water partition coefficient (Wildman–Crippen LogP) is 4.10. The Labute approximate surface area is 142 Å². The number of imidazole rings is 1. The van der Waals surface area contributed by atoms with E-state index in [0.29, 0.717) is 0 Å². The van der Waals surface area contributed by atoms with E-state index < -0.39 is 0 Å². The molecule has 5 nitrogen and oxygen atoms in total. The number of hydrogen-bond donors (Lipinski definition) is 3. The van der Waals surface area contributed by atoms with Crippen molar-refractivity contribution in [1.29, 1.82) is 0 Å². The molecule has 0 bridgehead atoms. The molecule has 5 rings (SSSR count). The maximum absolute atomic E-state index is 12.6. The molecule has 0 unspecified atom stereocenters. The largest absolute Gasteiger partial charge is 0.359 e. The van der Waals surface area contributed by atoms with Crippen LogP contribution in [0.25, 0.3) is 38.8 Å². The molecule has 0 saturated carbocycles. The van der Waals surface area contributed by atoms with Gasteiger partial charge >= 0.3 is 5.69 Å². The van der Waals surface area contributed by atoms with E-state index in [0.717, 1.165) is 44.4 Å². The molecule has 0 atom stereocenters. The van der Waals surface area contributed by atoms with Crippen LogP contribution < -0.4 is 5.69 Å². The number of fused-ring (bicyclic) bond motifs is 2. The summed E-state index contributed by atoms with van der Waals surface area (Å²) in [5, 5.41) is 2.12. The van der Waals surface area contributed by atoms with E-state index in [1.54, 1.807) is 10.8 Å². The van der Waals surface area contributed by atoms with Crippen molar-refractivity contribution in [2.75, 3.05) is 0 Å². The van der Waals surface area contributed by atoms with E-state index in [4.69, 9.17) is 0 Å². The molecule has 5 heteroatoms. The lowest BCUT2D eigenvalue weighted by molar-refractivity contribution is 1.00. The summed E-state index contributed by atoms with van der Waals surface area (Å²) in [5.74, 6) is 0. The van der Waals surface area contributed by atoms with Crippen LogP contribution in [0.3, 0.4) is 0 Å². The minimum Gasteiger partial charge on any atom is -0.359 e. The molecule has 0 fully saturated rings. The highest BCUT2D eigenvalue weighted by molar-refractivity contribution is 5.97. The van der Waals surface area contributed by atoms with Crippen LogP contribution in [0.5, 0.6) is 0 Å². The summed E-state index contributed by atoms with van der Waals surface area (Å²) in [5.41, 5.74) is 5.70. The molecule has 3 heterocycles. The molecule has 0 aliphatic rings. The molecule has 0 saturated heterocycles. The van der Waals surface area contributed by atoms with E-state index in [2.05, 4.69) is 21.0 Å². The first-order valence-corrected chi connectivity index (χ1v) is 8.18. The molecule has 122 valence electrons. The molecule has 5 aromatic rings. The SMILES string of the molecule is Cc1[nH]c2ccccc2c1-c1c[nH]c(=O)n1-c1c[nH]c2ccccc12. The van der Waals surface area contributed by atoms with Crippen LogP contribution in [0.15, 0.2) is 65.7 Å². The number of rotatable bonds is 2. The van der Waals surface area contributed by atoms with Crippen LogP contribution in [0, 0.1) is 6.92 Å². The van der Waals surface area contributed by atoms with Crippen LogP contribution in [-0.4, -0.2) is 19.5 Å². The van der Waals surface area contributed by atoms with Crippen molar-refractivity contribution in [3.05, 3.63) is 77.1 Å². The van der Waals surface area contributed by atoms with Gasteiger partial charge in [0, 0.05) is 45.5 Å². The molecule has 0 spiro atoms. The van der Waals surface area contributed by atoms with E-state index in [9.17, 15) is 4.79 Å². The molecule has 0 radical (unpaired) electrons. The smallest absolute Gasteiger partial charge is 0.330 e. The van der Waals surface area contributed by atoms with Crippen molar-refractivity contribution < 1.29 is 0 Å². The van der Waals surface area contributed by atoms with Gasteiger partial charge in [-0.3, -0.25) is 4.57 Å². The quantitative estimate of drug-likeness (QED) is 0.448. The molecule has 3 N–H and O–H groups in total. The second-order valence-corrected chi connectivity index (χ2v) is 6.20. The second kappa shape index (κ2) is 5.01. The number of hydrogen-bond acceptors (Lipinski definition) is 1. The third-order valence-electron chi connectivity index (χ3n) is 4.73. The van der Waals surface area contributed by atoms with Crippen LogP contribution in [0.1, 0.15) is 5.69 Å². The van der Waals surface area contributed by atoms with Gasteiger partial charge in [0.15, 0.2) is 0 Å². The lowest BCUT2D eigenvalue weighted by atomic mass is 10.1. The first kappa shape index (κ1) is 13.9.